The summed E-state index contributed by atoms with van der Waals surface area (Å²) in [6.45, 7) is 0.802. The summed E-state index contributed by atoms with van der Waals surface area (Å²) >= 11 is 0. The zero-order valence-electron chi connectivity index (χ0n) is 11.9. The number of nitrogens with one attached hydrogen (secondary N) is 2. The number of carbonyl (C=O) groups is 3. The van der Waals surface area contributed by atoms with Gasteiger partial charge < -0.3 is 26.4 Å². The van der Waals surface area contributed by atoms with Crippen molar-refractivity contribution >= 4 is 17.7 Å². The maximum atomic E-state index is 12.4. The van der Waals surface area contributed by atoms with Gasteiger partial charge in [0.25, 0.3) is 0 Å². The summed E-state index contributed by atoms with van der Waals surface area (Å²) in [4.78, 5) is 37.2. The molecule has 2 heterocycles. The average molecular weight is 298 g/mol. The Bertz CT molecular complexity index is 422. The van der Waals surface area contributed by atoms with Gasteiger partial charge in [-0.15, -0.1) is 0 Å². The number of hydrogen-bond acceptors (Lipinski definition) is 5. The first-order valence-corrected chi connectivity index (χ1v) is 7.29. The topological polar surface area (TPSA) is 125 Å². The van der Waals surface area contributed by atoms with Crippen LogP contribution in [0.25, 0.3) is 0 Å². The number of carbonyl (C=O) groups excluding carboxylic acids is 3. The molecule has 0 bridgehead atoms. The van der Waals surface area contributed by atoms with Gasteiger partial charge >= 0.3 is 0 Å². The van der Waals surface area contributed by atoms with Crippen LogP contribution in [-0.4, -0.2) is 65.5 Å². The summed E-state index contributed by atoms with van der Waals surface area (Å²) < 4.78 is 0. The highest BCUT2D eigenvalue weighted by Crippen LogP contribution is 2.20. The van der Waals surface area contributed by atoms with Crippen molar-refractivity contribution in [1.82, 2.24) is 15.5 Å². The molecule has 0 spiro atoms. The molecule has 0 aromatic rings. The van der Waals surface area contributed by atoms with Crippen molar-refractivity contribution in [1.29, 1.82) is 0 Å². The number of amides is 3. The van der Waals surface area contributed by atoms with Crippen LogP contribution in [-0.2, 0) is 14.4 Å². The first-order valence-electron chi connectivity index (χ1n) is 7.29. The Balaban J connectivity index is 1.98. The number of aliphatic hydroxyl groups excluding tert-OH is 1. The van der Waals surface area contributed by atoms with E-state index in [0.29, 0.717) is 13.0 Å². The molecule has 21 heavy (non-hydrogen) atoms. The SMILES string of the molecule is NC(=O)[C@H](CO)NC(=O)[C@@H]1CCCN1C(=O)C1CCCN1. The number of primary amides is 1. The molecule has 2 rings (SSSR count). The smallest absolute Gasteiger partial charge is 0.243 e. The van der Waals surface area contributed by atoms with Gasteiger partial charge in [-0.25, -0.2) is 0 Å². The third kappa shape index (κ3) is 3.51. The van der Waals surface area contributed by atoms with Gasteiger partial charge in [0, 0.05) is 6.54 Å². The van der Waals surface area contributed by atoms with Gasteiger partial charge in [-0.05, 0) is 32.2 Å². The largest absolute Gasteiger partial charge is 0.394 e. The second-order valence-electron chi connectivity index (χ2n) is 5.48. The number of nitrogens with two attached hydrogens (primary N) is 1. The Labute approximate surface area is 123 Å². The molecular weight excluding hydrogens is 276 g/mol. The maximum Gasteiger partial charge on any atom is 0.243 e. The van der Waals surface area contributed by atoms with Crippen LogP contribution in [0.3, 0.4) is 0 Å². The third-order valence-corrected chi connectivity index (χ3v) is 4.04. The van der Waals surface area contributed by atoms with E-state index in [4.69, 9.17) is 10.8 Å². The molecule has 0 aliphatic carbocycles. The van der Waals surface area contributed by atoms with Gasteiger partial charge in [0.2, 0.25) is 17.7 Å². The van der Waals surface area contributed by atoms with Crippen LogP contribution >= 0.6 is 0 Å². The standard InChI is InChI=1S/C13H22N4O4/c14-11(19)9(7-18)16-12(20)10-4-2-6-17(10)13(21)8-3-1-5-15-8/h8-10,15,18H,1-7H2,(H2,14,19)(H,16,20)/t8?,9-,10-/m0/s1. The van der Waals surface area contributed by atoms with E-state index in [1.54, 1.807) is 4.90 Å². The van der Waals surface area contributed by atoms with Crippen molar-refractivity contribution in [3.63, 3.8) is 0 Å². The predicted octanol–water partition coefficient (Wildman–Crippen LogP) is -2.31. The van der Waals surface area contributed by atoms with Crippen LogP contribution in [0.1, 0.15) is 25.7 Å². The lowest BCUT2D eigenvalue weighted by molar-refractivity contribution is -0.140. The zero-order valence-corrected chi connectivity index (χ0v) is 11.9. The van der Waals surface area contributed by atoms with Crippen molar-refractivity contribution in [2.75, 3.05) is 19.7 Å². The molecule has 8 nitrogen and oxygen atoms in total. The number of rotatable bonds is 5. The van der Waals surface area contributed by atoms with E-state index in [1.807, 2.05) is 0 Å². The minimum atomic E-state index is -1.11. The predicted molar refractivity (Wildman–Crippen MR) is 74.0 cm³/mol. The first-order chi connectivity index (χ1) is 10.0. The summed E-state index contributed by atoms with van der Waals surface area (Å²) in [5.74, 6) is -1.29. The molecule has 2 fully saturated rings. The van der Waals surface area contributed by atoms with Gasteiger partial charge in [0.15, 0.2) is 0 Å². The summed E-state index contributed by atoms with van der Waals surface area (Å²) in [6.07, 6.45) is 3.04. The summed E-state index contributed by atoms with van der Waals surface area (Å²) in [5.41, 5.74) is 5.08. The van der Waals surface area contributed by atoms with Crippen LogP contribution in [0.15, 0.2) is 0 Å². The van der Waals surface area contributed by atoms with E-state index in [0.717, 1.165) is 25.8 Å². The van der Waals surface area contributed by atoms with Crippen molar-refractivity contribution in [3.05, 3.63) is 0 Å². The van der Waals surface area contributed by atoms with Gasteiger partial charge in [0.1, 0.15) is 12.1 Å². The molecule has 0 aromatic carbocycles. The molecule has 0 aromatic heterocycles. The molecule has 2 aliphatic rings. The molecule has 0 radical (unpaired) electrons. The Kier molecular flexibility index (Phi) is 5.13. The fourth-order valence-electron chi connectivity index (χ4n) is 2.87. The molecule has 0 saturated carbocycles. The lowest BCUT2D eigenvalue weighted by atomic mass is 10.1. The Morgan fingerprint density at radius 1 is 1.33 bits per heavy atom. The Hall–Kier alpha value is -1.67. The first kappa shape index (κ1) is 15.7. The maximum absolute atomic E-state index is 12.4. The van der Waals surface area contributed by atoms with Gasteiger partial charge in [0.05, 0.1) is 12.6 Å². The molecule has 5 N–H and O–H groups in total. The molecule has 8 heteroatoms. The van der Waals surface area contributed by atoms with E-state index in [9.17, 15) is 14.4 Å². The minimum absolute atomic E-state index is 0.0650. The second-order valence-corrected chi connectivity index (χ2v) is 5.48. The quantitative estimate of drug-likeness (QED) is 0.454. The van der Waals surface area contributed by atoms with Crippen molar-refractivity contribution in [2.24, 2.45) is 5.73 Å². The average Bonchev–Trinajstić information content (AvgIpc) is 3.13. The van der Waals surface area contributed by atoms with E-state index in [-0.39, 0.29) is 11.9 Å². The van der Waals surface area contributed by atoms with Gasteiger partial charge in [-0.3, -0.25) is 14.4 Å². The molecule has 3 amide bonds. The fraction of sp³-hybridized carbons (Fsp3) is 0.769. The van der Waals surface area contributed by atoms with E-state index < -0.39 is 30.5 Å². The summed E-state index contributed by atoms with van der Waals surface area (Å²) in [6, 6.07) is -1.92. The number of aliphatic hydroxyl groups is 1. The number of hydrogen-bond donors (Lipinski definition) is 4. The molecule has 118 valence electrons. The van der Waals surface area contributed by atoms with Crippen LogP contribution in [0.4, 0.5) is 0 Å². The second kappa shape index (κ2) is 6.86. The van der Waals surface area contributed by atoms with E-state index in [1.165, 1.54) is 0 Å². The number of nitrogens with zero attached hydrogens (tertiary/aromatic N) is 1. The van der Waals surface area contributed by atoms with E-state index in [2.05, 4.69) is 10.6 Å². The van der Waals surface area contributed by atoms with Gasteiger partial charge in [-0.1, -0.05) is 0 Å². The van der Waals surface area contributed by atoms with Crippen LogP contribution < -0.4 is 16.4 Å². The molecular formula is C13H22N4O4. The summed E-state index contributed by atoms with van der Waals surface area (Å²) in [7, 11) is 0. The highest BCUT2D eigenvalue weighted by molar-refractivity contribution is 5.93. The summed E-state index contributed by atoms with van der Waals surface area (Å²) in [5, 5.41) is 14.6. The zero-order chi connectivity index (χ0) is 15.4. The Morgan fingerprint density at radius 2 is 2.10 bits per heavy atom. The normalized spacial score (nSPS) is 26.6. The third-order valence-electron chi connectivity index (χ3n) is 4.04. The van der Waals surface area contributed by atoms with Crippen LogP contribution in [0.5, 0.6) is 0 Å². The molecule has 2 aliphatic heterocycles. The highest BCUT2D eigenvalue weighted by atomic mass is 16.3. The van der Waals surface area contributed by atoms with Crippen molar-refractivity contribution in [3.8, 4) is 0 Å². The highest BCUT2D eigenvalue weighted by Gasteiger charge is 2.38. The lowest BCUT2D eigenvalue weighted by Crippen LogP contribution is -2.55. The van der Waals surface area contributed by atoms with Crippen LogP contribution in [0.2, 0.25) is 0 Å². The molecule has 3 atom stereocenters. The van der Waals surface area contributed by atoms with Gasteiger partial charge in [-0.2, -0.15) is 0 Å². The molecule has 1 unspecified atom stereocenters. The minimum Gasteiger partial charge on any atom is -0.394 e. The fourth-order valence-corrected chi connectivity index (χ4v) is 2.87. The molecule has 2 saturated heterocycles. The van der Waals surface area contributed by atoms with Crippen molar-refractivity contribution in [2.45, 2.75) is 43.8 Å². The Morgan fingerprint density at radius 3 is 2.67 bits per heavy atom. The number of likely N-dealkylation sites (tertiary alicyclic amines) is 1. The van der Waals surface area contributed by atoms with E-state index >= 15 is 0 Å². The van der Waals surface area contributed by atoms with Crippen LogP contribution in [0, 0.1) is 0 Å². The lowest BCUT2D eigenvalue weighted by Gasteiger charge is -2.27. The van der Waals surface area contributed by atoms with Crippen molar-refractivity contribution < 1.29 is 19.5 Å². The monoisotopic (exact) mass is 298 g/mol.